The standard InChI is InChI=1S/C40H52N10/c1(27-49(29-3-15-45-33-37-7-19-41-20-8-37)30-4-16-46-34-38-9-21-42-22-10-38)2-28-50(31-5-17-47-35-39-11-23-43-24-12-39)32-6-18-48-36-40-13-25-44-26-14-40/h7-14,19-26,33-36H,1-6,15-18,27-32H2. The van der Waals surface area contributed by atoms with E-state index in [2.05, 4.69) is 49.7 Å². The molecular formula is C40H52N10. The Hall–Kier alpha value is -4.80. The van der Waals surface area contributed by atoms with Crippen LogP contribution in [0.25, 0.3) is 0 Å². The zero-order valence-corrected chi connectivity index (χ0v) is 29.3. The predicted octanol–water partition coefficient (Wildman–Crippen LogP) is 5.99. The van der Waals surface area contributed by atoms with Crippen molar-refractivity contribution in [2.45, 2.75) is 38.5 Å². The van der Waals surface area contributed by atoms with E-state index in [9.17, 15) is 0 Å². The Kier molecular flexibility index (Phi) is 19.2. The van der Waals surface area contributed by atoms with Crippen molar-refractivity contribution in [2.24, 2.45) is 20.0 Å². The number of hydrogen-bond acceptors (Lipinski definition) is 10. The maximum Gasteiger partial charge on any atom is 0.0401 e. The van der Waals surface area contributed by atoms with E-state index >= 15 is 0 Å². The zero-order chi connectivity index (χ0) is 34.6. The Balaban J connectivity index is 1.21. The Morgan fingerprint density at radius 1 is 0.340 bits per heavy atom. The summed E-state index contributed by atoms with van der Waals surface area (Å²) in [5, 5.41) is 0. The fraction of sp³-hybridized carbons (Fsp3) is 0.400. The SMILES string of the molecule is C(=NCCCN(CCCCN(CCCN=Cc1ccncc1)CCCN=Cc1ccncc1)CCCN=Cc1ccncc1)c1ccncc1. The zero-order valence-electron chi connectivity index (χ0n) is 29.3. The highest BCUT2D eigenvalue weighted by Gasteiger charge is 2.08. The van der Waals surface area contributed by atoms with Gasteiger partial charge in [-0.3, -0.25) is 39.9 Å². The summed E-state index contributed by atoms with van der Waals surface area (Å²) >= 11 is 0. The third-order valence-electron chi connectivity index (χ3n) is 8.03. The van der Waals surface area contributed by atoms with E-state index in [4.69, 9.17) is 0 Å². The highest BCUT2D eigenvalue weighted by Crippen LogP contribution is 2.05. The summed E-state index contributed by atoms with van der Waals surface area (Å²) in [4.78, 5) is 40.1. The second-order valence-corrected chi connectivity index (χ2v) is 12.1. The predicted molar refractivity (Wildman–Crippen MR) is 207 cm³/mol. The molecule has 0 N–H and O–H groups in total. The second kappa shape index (κ2) is 25.2. The van der Waals surface area contributed by atoms with Crippen molar-refractivity contribution in [3.05, 3.63) is 120 Å². The number of unbranched alkanes of at least 4 members (excludes halogenated alkanes) is 1. The third-order valence-corrected chi connectivity index (χ3v) is 8.03. The van der Waals surface area contributed by atoms with E-state index in [-0.39, 0.29) is 0 Å². The first kappa shape index (κ1) is 38.0. The van der Waals surface area contributed by atoms with E-state index in [0.717, 1.165) is 126 Å². The molecule has 262 valence electrons. The van der Waals surface area contributed by atoms with Gasteiger partial charge in [-0.1, -0.05) is 0 Å². The molecule has 4 heterocycles. The van der Waals surface area contributed by atoms with Crippen molar-refractivity contribution in [2.75, 3.05) is 65.4 Å². The molecule has 0 saturated carbocycles. The molecule has 10 nitrogen and oxygen atoms in total. The summed E-state index contributed by atoms with van der Waals surface area (Å²) in [7, 11) is 0. The van der Waals surface area contributed by atoms with Crippen LogP contribution in [0.5, 0.6) is 0 Å². The second-order valence-electron chi connectivity index (χ2n) is 12.1. The third kappa shape index (κ3) is 17.6. The molecule has 10 heteroatoms. The van der Waals surface area contributed by atoms with Gasteiger partial charge < -0.3 is 9.80 Å². The maximum absolute atomic E-state index is 4.65. The normalized spacial score (nSPS) is 12.1. The Labute approximate surface area is 298 Å². The first-order valence-electron chi connectivity index (χ1n) is 17.9. The lowest BCUT2D eigenvalue weighted by atomic mass is 10.2. The van der Waals surface area contributed by atoms with Crippen molar-refractivity contribution in [3.63, 3.8) is 0 Å². The van der Waals surface area contributed by atoms with Crippen molar-refractivity contribution in [3.8, 4) is 0 Å². The molecule has 0 aliphatic rings. The molecule has 0 amide bonds. The average Bonchev–Trinajstić information content (AvgIpc) is 3.17. The van der Waals surface area contributed by atoms with Gasteiger partial charge in [0.15, 0.2) is 0 Å². The van der Waals surface area contributed by atoms with Gasteiger partial charge in [-0.25, -0.2) is 0 Å². The number of aliphatic imine (C=N–C) groups is 4. The van der Waals surface area contributed by atoms with Gasteiger partial charge in [0.05, 0.1) is 0 Å². The molecule has 0 spiro atoms. The van der Waals surface area contributed by atoms with Crippen LogP contribution >= 0.6 is 0 Å². The minimum atomic E-state index is 0.820. The summed E-state index contributed by atoms with van der Waals surface area (Å²) in [5.74, 6) is 0. The monoisotopic (exact) mass is 672 g/mol. The van der Waals surface area contributed by atoms with Crippen LogP contribution in [-0.4, -0.2) is 120 Å². The maximum atomic E-state index is 4.65. The summed E-state index contributed by atoms with van der Waals surface area (Å²) < 4.78 is 0. The van der Waals surface area contributed by atoms with Gasteiger partial charge >= 0.3 is 0 Å². The van der Waals surface area contributed by atoms with Crippen LogP contribution in [0.3, 0.4) is 0 Å². The van der Waals surface area contributed by atoms with Gasteiger partial charge in [0.1, 0.15) is 0 Å². The summed E-state index contributed by atoms with van der Waals surface area (Å²) in [6.07, 6.45) is 28.7. The molecule has 50 heavy (non-hydrogen) atoms. The molecule has 0 atom stereocenters. The fourth-order valence-electron chi connectivity index (χ4n) is 5.36. The minimum absolute atomic E-state index is 0.820. The molecule has 0 fully saturated rings. The summed E-state index contributed by atoms with van der Waals surface area (Å²) in [5.41, 5.74) is 4.37. The summed E-state index contributed by atoms with van der Waals surface area (Å²) in [6.45, 7) is 9.60. The Morgan fingerprint density at radius 2 is 0.560 bits per heavy atom. The number of hydrogen-bond donors (Lipinski definition) is 0. The molecule has 4 aromatic heterocycles. The highest BCUT2D eigenvalue weighted by molar-refractivity contribution is 5.80. The van der Waals surface area contributed by atoms with Gasteiger partial charge in [-0.15, -0.1) is 0 Å². The molecule has 0 unspecified atom stereocenters. The lowest BCUT2D eigenvalue weighted by Gasteiger charge is -2.24. The van der Waals surface area contributed by atoms with Crippen molar-refractivity contribution in [1.82, 2.24) is 29.7 Å². The fourth-order valence-corrected chi connectivity index (χ4v) is 5.36. The van der Waals surface area contributed by atoms with Crippen LogP contribution < -0.4 is 0 Å². The number of pyridine rings is 4. The van der Waals surface area contributed by atoms with Crippen LogP contribution in [-0.2, 0) is 0 Å². The van der Waals surface area contributed by atoms with Gasteiger partial charge in [0, 0.05) is 101 Å². The van der Waals surface area contributed by atoms with Gasteiger partial charge in [-0.2, -0.15) is 0 Å². The van der Waals surface area contributed by atoms with Crippen LogP contribution in [0.4, 0.5) is 0 Å². The number of aromatic nitrogens is 4. The van der Waals surface area contributed by atoms with Crippen LogP contribution in [0.2, 0.25) is 0 Å². The highest BCUT2D eigenvalue weighted by atomic mass is 15.1. The van der Waals surface area contributed by atoms with Crippen LogP contribution in [0, 0.1) is 0 Å². The molecule has 0 aromatic carbocycles. The Morgan fingerprint density at radius 3 is 0.800 bits per heavy atom. The van der Waals surface area contributed by atoms with Crippen molar-refractivity contribution < 1.29 is 0 Å². The molecule has 0 radical (unpaired) electrons. The first-order chi connectivity index (χ1) is 24.8. The smallest absolute Gasteiger partial charge is 0.0401 e. The molecule has 0 aliphatic heterocycles. The molecule has 0 bridgehead atoms. The average molecular weight is 673 g/mol. The van der Waals surface area contributed by atoms with Gasteiger partial charge in [0.25, 0.3) is 0 Å². The van der Waals surface area contributed by atoms with E-state index in [1.807, 2.05) is 73.4 Å². The topological polar surface area (TPSA) is 107 Å². The molecule has 4 aromatic rings. The molecule has 0 aliphatic carbocycles. The minimum Gasteiger partial charge on any atom is -0.303 e. The summed E-state index contributed by atoms with van der Waals surface area (Å²) in [6, 6.07) is 15.9. The van der Waals surface area contributed by atoms with Crippen LogP contribution in [0.1, 0.15) is 60.8 Å². The molecule has 0 saturated heterocycles. The quantitative estimate of drug-likeness (QED) is 0.0633. The number of rotatable bonds is 25. The first-order valence-corrected chi connectivity index (χ1v) is 17.9. The van der Waals surface area contributed by atoms with Gasteiger partial charge in [0.2, 0.25) is 0 Å². The van der Waals surface area contributed by atoms with Crippen molar-refractivity contribution in [1.29, 1.82) is 0 Å². The van der Waals surface area contributed by atoms with E-state index in [0.29, 0.717) is 0 Å². The Bertz CT molecular complexity index is 1290. The largest absolute Gasteiger partial charge is 0.303 e. The van der Waals surface area contributed by atoms with E-state index < -0.39 is 0 Å². The molecular weight excluding hydrogens is 621 g/mol. The van der Waals surface area contributed by atoms with E-state index in [1.165, 1.54) is 0 Å². The van der Waals surface area contributed by atoms with E-state index in [1.54, 1.807) is 49.6 Å². The lowest BCUT2D eigenvalue weighted by Crippen LogP contribution is -2.31. The lowest BCUT2D eigenvalue weighted by molar-refractivity contribution is 0.237. The number of nitrogens with zero attached hydrogens (tertiary/aromatic N) is 10. The van der Waals surface area contributed by atoms with Crippen molar-refractivity contribution >= 4 is 24.9 Å². The van der Waals surface area contributed by atoms with Crippen LogP contribution in [0.15, 0.2) is 118 Å². The molecule has 4 rings (SSSR count). The van der Waals surface area contributed by atoms with Gasteiger partial charge in [-0.05, 0) is 149 Å².